The minimum absolute atomic E-state index is 0.572. The number of nitriles is 1. The van der Waals surface area contributed by atoms with E-state index in [1.54, 1.807) is 6.07 Å². The van der Waals surface area contributed by atoms with Gasteiger partial charge in [-0.3, -0.25) is 0 Å². The molecule has 0 saturated carbocycles. The maximum absolute atomic E-state index is 9.21. The van der Waals surface area contributed by atoms with E-state index in [1.807, 2.05) is 30.3 Å². The van der Waals surface area contributed by atoms with Crippen molar-refractivity contribution in [3.8, 4) is 17.6 Å². The van der Waals surface area contributed by atoms with Crippen molar-refractivity contribution in [1.82, 2.24) is 0 Å². The highest BCUT2D eigenvalue weighted by Crippen LogP contribution is 2.33. The van der Waals surface area contributed by atoms with Crippen molar-refractivity contribution in [3.05, 3.63) is 52.0 Å². The van der Waals surface area contributed by atoms with Crippen molar-refractivity contribution in [2.45, 2.75) is 13.0 Å². The molecule has 4 nitrogen and oxygen atoms in total. The summed E-state index contributed by atoms with van der Waals surface area (Å²) < 4.78 is 12.4. The summed E-state index contributed by atoms with van der Waals surface area (Å²) in [6.45, 7) is 1.91. The van der Waals surface area contributed by atoms with Crippen LogP contribution >= 0.6 is 15.9 Å². The average Bonchev–Trinajstić information content (AvgIpc) is 2.79. The quantitative estimate of drug-likeness (QED) is 0.897. The predicted molar refractivity (Wildman–Crippen MR) is 88.2 cm³/mol. The summed E-state index contributed by atoms with van der Waals surface area (Å²) in [5.74, 6) is 1.58. The van der Waals surface area contributed by atoms with Gasteiger partial charge >= 0.3 is 0 Å². The Morgan fingerprint density at radius 2 is 2.05 bits per heavy atom. The summed E-state index contributed by atoms with van der Waals surface area (Å²) in [6.07, 6.45) is 0.882. The lowest BCUT2D eigenvalue weighted by molar-refractivity contribution is 0.296. The largest absolute Gasteiger partial charge is 0.490 e. The number of rotatable bonds is 3. The summed E-state index contributed by atoms with van der Waals surface area (Å²) in [5.41, 5.74) is 2.43. The van der Waals surface area contributed by atoms with Gasteiger partial charge in [0.15, 0.2) is 11.5 Å². The maximum atomic E-state index is 9.21. The molecule has 1 heterocycles. The smallest absolute Gasteiger partial charge is 0.166 e. The average molecular weight is 359 g/mol. The molecular formula is C17H15BrN2O2. The van der Waals surface area contributed by atoms with E-state index >= 15 is 0 Å². The summed E-state index contributed by atoms with van der Waals surface area (Å²) >= 11 is 3.38. The van der Waals surface area contributed by atoms with Crippen molar-refractivity contribution in [2.24, 2.45) is 0 Å². The first-order valence-corrected chi connectivity index (χ1v) is 7.88. The number of halogens is 1. The summed E-state index contributed by atoms with van der Waals surface area (Å²) in [4.78, 5) is 0. The standard InChI is InChI=1S/C17H15BrN2O2/c18-14-5-6-15(13(9-14)10-19)20-11-12-3-1-4-16-17(12)22-8-2-7-21-16/h1,3-6,9,20H,2,7-8,11H2. The van der Waals surface area contributed by atoms with E-state index in [-0.39, 0.29) is 0 Å². The van der Waals surface area contributed by atoms with Crippen LogP contribution in [0.25, 0.3) is 0 Å². The molecule has 0 amide bonds. The molecule has 22 heavy (non-hydrogen) atoms. The number of anilines is 1. The zero-order valence-corrected chi connectivity index (χ0v) is 13.5. The van der Waals surface area contributed by atoms with Crippen LogP contribution in [-0.2, 0) is 6.54 Å². The Labute approximate surface area is 137 Å². The third-order valence-corrected chi connectivity index (χ3v) is 3.92. The topological polar surface area (TPSA) is 54.3 Å². The molecular weight excluding hydrogens is 344 g/mol. The number of ether oxygens (including phenoxy) is 2. The minimum Gasteiger partial charge on any atom is -0.490 e. The minimum atomic E-state index is 0.572. The van der Waals surface area contributed by atoms with Gasteiger partial charge < -0.3 is 14.8 Å². The molecule has 2 aromatic rings. The highest BCUT2D eigenvalue weighted by atomic mass is 79.9. The Morgan fingerprint density at radius 3 is 2.91 bits per heavy atom. The van der Waals surface area contributed by atoms with Crippen molar-refractivity contribution >= 4 is 21.6 Å². The molecule has 0 bridgehead atoms. The van der Waals surface area contributed by atoms with E-state index in [0.29, 0.717) is 25.3 Å². The number of nitrogens with one attached hydrogen (secondary N) is 1. The second-order valence-corrected chi connectivity index (χ2v) is 5.87. The molecule has 1 aliphatic rings. The van der Waals surface area contributed by atoms with E-state index in [2.05, 4.69) is 27.3 Å². The molecule has 1 aliphatic heterocycles. The maximum Gasteiger partial charge on any atom is 0.166 e. The molecule has 112 valence electrons. The van der Waals surface area contributed by atoms with Crippen LogP contribution in [0.5, 0.6) is 11.5 Å². The fourth-order valence-electron chi connectivity index (χ4n) is 2.35. The number of nitrogens with zero attached hydrogens (tertiary/aromatic N) is 1. The molecule has 0 aromatic heterocycles. The van der Waals surface area contributed by atoms with E-state index in [1.165, 1.54) is 0 Å². The van der Waals surface area contributed by atoms with Gasteiger partial charge in [-0.1, -0.05) is 28.1 Å². The first-order chi connectivity index (χ1) is 10.8. The fraction of sp³-hybridized carbons (Fsp3) is 0.235. The van der Waals surface area contributed by atoms with Crippen molar-refractivity contribution in [2.75, 3.05) is 18.5 Å². The third kappa shape index (κ3) is 3.18. The predicted octanol–water partition coefficient (Wildman–Crippen LogP) is 4.09. The Kier molecular flexibility index (Phi) is 4.50. The van der Waals surface area contributed by atoms with Crippen molar-refractivity contribution in [1.29, 1.82) is 5.26 Å². The van der Waals surface area contributed by atoms with E-state index in [0.717, 1.165) is 33.6 Å². The molecule has 2 aromatic carbocycles. The zero-order valence-electron chi connectivity index (χ0n) is 11.9. The van der Waals surface area contributed by atoms with Gasteiger partial charge in [0.1, 0.15) is 6.07 Å². The molecule has 1 N–H and O–H groups in total. The lowest BCUT2D eigenvalue weighted by atomic mass is 10.1. The second kappa shape index (κ2) is 6.71. The fourth-order valence-corrected chi connectivity index (χ4v) is 2.71. The van der Waals surface area contributed by atoms with Crippen LogP contribution in [-0.4, -0.2) is 13.2 Å². The molecule has 0 radical (unpaired) electrons. The Bertz CT molecular complexity index is 725. The lowest BCUT2D eigenvalue weighted by Crippen LogP contribution is -2.04. The van der Waals surface area contributed by atoms with Gasteiger partial charge in [-0.15, -0.1) is 0 Å². The van der Waals surface area contributed by atoms with Crippen LogP contribution in [0.1, 0.15) is 17.5 Å². The zero-order chi connectivity index (χ0) is 15.4. The van der Waals surface area contributed by atoms with E-state index in [9.17, 15) is 5.26 Å². The first kappa shape index (κ1) is 14.7. The van der Waals surface area contributed by atoms with E-state index < -0.39 is 0 Å². The van der Waals surface area contributed by atoms with Crippen molar-refractivity contribution < 1.29 is 9.47 Å². The van der Waals surface area contributed by atoms with Crippen molar-refractivity contribution in [3.63, 3.8) is 0 Å². The van der Waals surface area contributed by atoms with Crippen LogP contribution in [0.15, 0.2) is 40.9 Å². The number of benzene rings is 2. The Morgan fingerprint density at radius 1 is 1.18 bits per heavy atom. The Hall–Kier alpha value is -2.19. The van der Waals surface area contributed by atoms with Crippen LogP contribution < -0.4 is 14.8 Å². The SMILES string of the molecule is N#Cc1cc(Br)ccc1NCc1cccc2c1OCCCO2. The van der Waals surface area contributed by atoms with Crippen LogP contribution in [0.3, 0.4) is 0 Å². The first-order valence-electron chi connectivity index (χ1n) is 7.09. The van der Waals surface area contributed by atoms with Gasteiger partial charge in [-0.25, -0.2) is 0 Å². The molecule has 5 heteroatoms. The van der Waals surface area contributed by atoms with Crippen LogP contribution in [0, 0.1) is 11.3 Å². The summed E-state index contributed by atoms with van der Waals surface area (Å²) in [7, 11) is 0. The van der Waals surface area contributed by atoms with Crippen LogP contribution in [0.4, 0.5) is 5.69 Å². The summed E-state index contributed by atoms with van der Waals surface area (Å²) in [5, 5.41) is 12.5. The molecule has 3 rings (SSSR count). The molecule has 0 saturated heterocycles. The molecule has 0 spiro atoms. The number of fused-ring (bicyclic) bond motifs is 1. The second-order valence-electron chi connectivity index (χ2n) is 4.95. The molecule has 0 atom stereocenters. The monoisotopic (exact) mass is 358 g/mol. The Balaban J connectivity index is 1.82. The van der Waals surface area contributed by atoms with Gasteiger partial charge in [0.25, 0.3) is 0 Å². The third-order valence-electron chi connectivity index (χ3n) is 3.42. The van der Waals surface area contributed by atoms with Crippen LogP contribution in [0.2, 0.25) is 0 Å². The normalized spacial score (nSPS) is 13.1. The van der Waals surface area contributed by atoms with Gasteiger partial charge in [-0.2, -0.15) is 5.26 Å². The van der Waals surface area contributed by atoms with E-state index in [4.69, 9.17) is 9.47 Å². The highest BCUT2D eigenvalue weighted by molar-refractivity contribution is 9.10. The summed E-state index contributed by atoms with van der Waals surface area (Å²) in [6, 6.07) is 13.7. The molecule has 0 aliphatic carbocycles. The van der Waals surface area contributed by atoms with Gasteiger partial charge in [0.2, 0.25) is 0 Å². The molecule has 0 fully saturated rings. The number of para-hydroxylation sites is 1. The van der Waals surface area contributed by atoms with Gasteiger partial charge in [-0.05, 0) is 24.3 Å². The number of hydrogen-bond acceptors (Lipinski definition) is 4. The lowest BCUT2D eigenvalue weighted by Gasteiger charge is -2.14. The highest BCUT2D eigenvalue weighted by Gasteiger charge is 2.14. The number of hydrogen-bond donors (Lipinski definition) is 1. The molecule has 0 unspecified atom stereocenters. The van der Waals surface area contributed by atoms with Gasteiger partial charge in [0.05, 0.1) is 24.5 Å². The van der Waals surface area contributed by atoms with Gasteiger partial charge in [0, 0.05) is 23.0 Å².